The number of hydrogen-bond donors (Lipinski definition) is 1. The number of piperidine rings is 1. The average molecular weight is 285 g/mol. The maximum atomic E-state index is 9.55. The van der Waals surface area contributed by atoms with Gasteiger partial charge in [-0.1, -0.05) is 0 Å². The Morgan fingerprint density at radius 2 is 2.19 bits per heavy atom. The molecule has 1 aliphatic rings. The molecule has 0 amide bonds. The van der Waals surface area contributed by atoms with Gasteiger partial charge in [0.15, 0.2) is 0 Å². The molecule has 1 aromatic rings. The van der Waals surface area contributed by atoms with Gasteiger partial charge in [-0.2, -0.15) is 0 Å². The number of aromatic nitrogens is 1. The Morgan fingerprint density at radius 1 is 1.50 bits per heavy atom. The highest BCUT2D eigenvalue weighted by Gasteiger charge is 2.23. The van der Waals surface area contributed by atoms with Crippen LogP contribution in [0.3, 0.4) is 0 Å². The highest BCUT2D eigenvalue weighted by Crippen LogP contribution is 2.29. The van der Waals surface area contributed by atoms with E-state index in [9.17, 15) is 5.11 Å². The third-order valence-electron chi connectivity index (χ3n) is 3.31. The molecule has 2 heterocycles. The Hall–Kier alpha value is -0.610. The number of hydrogen-bond acceptors (Lipinski definition) is 3. The molecule has 1 aliphatic heterocycles. The number of halogens is 1. The van der Waals surface area contributed by atoms with E-state index < -0.39 is 0 Å². The highest BCUT2D eigenvalue weighted by molar-refractivity contribution is 9.10. The van der Waals surface area contributed by atoms with Crippen molar-refractivity contribution < 1.29 is 5.11 Å². The minimum Gasteiger partial charge on any atom is -0.393 e. The van der Waals surface area contributed by atoms with Crippen LogP contribution in [0.1, 0.15) is 19.8 Å². The second kappa shape index (κ2) is 5.15. The number of pyridine rings is 1. The first-order valence-electron chi connectivity index (χ1n) is 5.71. The Balaban J connectivity index is 2.02. The standard InChI is InChI=1S/C12H17BrN2O/c1-9(16)10-3-6-15(7-4-10)12-2-5-14-8-11(12)13/h2,5,8-10,16H,3-4,6-7H2,1H3. The van der Waals surface area contributed by atoms with Gasteiger partial charge in [0, 0.05) is 25.5 Å². The lowest BCUT2D eigenvalue weighted by Crippen LogP contribution is -2.37. The van der Waals surface area contributed by atoms with E-state index in [1.165, 1.54) is 5.69 Å². The van der Waals surface area contributed by atoms with Crippen molar-refractivity contribution in [1.82, 2.24) is 4.98 Å². The van der Waals surface area contributed by atoms with E-state index in [0.717, 1.165) is 30.4 Å². The van der Waals surface area contributed by atoms with Crippen molar-refractivity contribution in [2.24, 2.45) is 5.92 Å². The summed E-state index contributed by atoms with van der Waals surface area (Å²) >= 11 is 3.52. The summed E-state index contributed by atoms with van der Waals surface area (Å²) in [6.07, 6.45) is 5.60. The summed E-state index contributed by atoms with van der Waals surface area (Å²) in [6.45, 7) is 3.92. The fourth-order valence-corrected chi connectivity index (χ4v) is 2.75. The molecule has 0 aromatic carbocycles. The Morgan fingerprint density at radius 3 is 2.75 bits per heavy atom. The first-order valence-corrected chi connectivity index (χ1v) is 6.50. The fraction of sp³-hybridized carbons (Fsp3) is 0.583. The Bertz CT molecular complexity index is 349. The van der Waals surface area contributed by atoms with Crippen molar-refractivity contribution in [2.75, 3.05) is 18.0 Å². The van der Waals surface area contributed by atoms with Crippen molar-refractivity contribution in [1.29, 1.82) is 0 Å². The largest absolute Gasteiger partial charge is 0.393 e. The summed E-state index contributed by atoms with van der Waals surface area (Å²) in [6, 6.07) is 2.03. The molecule has 1 saturated heterocycles. The smallest absolute Gasteiger partial charge is 0.0592 e. The molecule has 0 aliphatic carbocycles. The second-order valence-corrected chi connectivity index (χ2v) is 5.25. The lowest BCUT2D eigenvalue weighted by Gasteiger charge is -2.35. The molecule has 4 heteroatoms. The average Bonchev–Trinajstić information content (AvgIpc) is 2.30. The van der Waals surface area contributed by atoms with E-state index in [1.807, 2.05) is 25.4 Å². The van der Waals surface area contributed by atoms with Crippen molar-refractivity contribution in [3.8, 4) is 0 Å². The zero-order valence-corrected chi connectivity index (χ0v) is 11.0. The van der Waals surface area contributed by atoms with Gasteiger partial charge in [-0.25, -0.2) is 0 Å². The SMILES string of the molecule is CC(O)C1CCN(c2ccncc2Br)CC1. The number of nitrogens with zero attached hydrogens (tertiary/aromatic N) is 2. The maximum Gasteiger partial charge on any atom is 0.0592 e. The maximum absolute atomic E-state index is 9.55. The first-order chi connectivity index (χ1) is 7.68. The van der Waals surface area contributed by atoms with Crippen LogP contribution in [0, 0.1) is 5.92 Å². The van der Waals surface area contributed by atoms with Crippen molar-refractivity contribution >= 4 is 21.6 Å². The van der Waals surface area contributed by atoms with E-state index in [4.69, 9.17) is 0 Å². The van der Waals surface area contributed by atoms with Gasteiger partial charge in [0.05, 0.1) is 16.3 Å². The number of rotatable bonds is 2. The van der Waals surface area contributed by atoms with Crippen LogP contribution in [0.2, 0.25) is 0 Å². The lowest BCUT2D eigenvalue weighted by atomic mass is 9.92. The summed E-state index contributed by atoms with van der Waals surface area (Å²) in [5.41, 5.74) is 1.21. The van der Waals surface area contributed by atoms with Gasteiger partial charge in [0.2, 0.25) is 0 Å². The molecule has 1 aromatic heterocycles. The summed E-state index contributed by atoms with van der Waals surface area (Å²) in [4.78, 5) is 6.42. The lowest BCUT2D eigenvalue weighted by molar-refractivity contribution is 0.110. The van der Waals surface area contributed by atoms with Crippen molar-refractivity contribution in [3.05, 3.63) is 22.9 Å². The normalized spacial score (nSPS) is 19.8. The topological polar surface area (TPSA) is 36.4 Å². The molecule has 0 radical (unpaired) electrons. The summed E-state index contributed by atoms with van der Waals surface area (Å²) in [7, 11) is 0. The van der Waals surface area contributed by atoms with Gasteiger partial charge < -0.3 is 10.0 Å². The molecular formula is C12H17BrN2O. The van der Waals surface area contributed by atoms with Crippen molar-refractivity contribution in [2.45, 2.75) is 25.9 Å². The Kier molecular flexibility index (Phi) is 3.82. The third-order valence-corrected chi connectivity index (χ3v) is 3.92. The molecule has 1 atom stereocenters. The van der Waals surface area contributed by atoms with Crippen LogP contribution >= 0.6 is 15.9 Å². The van der Waals surface area contributed by atoms with E-state index in [1.54, 1.807) is 0 Å². The van der Waals surface area contributed by atoms with Gasteiger partial charge in [-0.15, -0.1) is 0 Å². The second-order valence-electron chi connectivity index (χ2n) is 4.39. The number of anilines is 1. The predicted molar refractivity (Wildman–Crippen MR) is 68.6 cm³/mol. The van der Waals surface area contributed by atoms with Gasteiger partial charge >= 0.3 is 0 Å². The third kappa shape index (κ3) is 2.55. The van der Waals surface area contributed by atoms with Gasteiger partial charge in [0.1, 0.15) is 0 Å². The van der Waals surface area contributed by atoms with E-state index in [-0.39, 0.29) is 6.10 Å². The molecule has 1 fully saturated rings. The molecule has 0 bridgehead atoms. The molecule has 1 N–H and O–H groups in total. The minimum atomic E-state index is -0.178. The molecule has 88 valence electrons. The van der Waals surface area contributed by atoms with Gasteiger partial charge in [-0.05, 0) is 47.7 Å². The van der Waals surface area contributed by atoms with E-state index in [0.29, 0.717) is 5.92 Å². The van der Waals surface area contributed by atoms with Crippen molar-refractivity contribution in [3.63, 3.8) is 0 Å². The molecule has 1 unspecified atom stereocenters. The first kappa shape index (κ1) is 11.9. The fourth-order valence-electron chi connectivity index (χ4n) is 2.25. The van der Waals surface area contributed by atoms with Crippen LogP contribution < -0.4 is 4.90 Å². The van der Waals surface area contributed by atoms with Crippen LogP contribution in [0.25, 0.3) is 0 Å². The molecular weight excluding hydrogens is 268 g/mol. The van der Waals surface area contributed by atoms with Crippen LogP contribution in [0.15, 0.2) is 22.9 Å². The predicted octanol–water partition coefficient (Wildman–Crippen LogP) is 2.44. The summed E-state index contributed by atoms with van der Waals surface area (Å²) in [5.74, 6) is 0.455. The van der Waals surface area contributed by atoms with E-state index in [2.05, 4.69) is 25.8 Å². The van der Waals surface area contributed by atoms with Gasteiger partial charge in [0.25, 0.3) is 0 Å². The zero-order chi connectivity index (χ0) is 11.5. The zero-order valence-electron chi connectivity index (χ0n) is 9.43. The van der Waals surface area contributed by atoms with Crippen LogP contribution in [0.4, 0.5) is 5.69 Å². The number of aliphatic hydroxyl groups is 1. The van der Waals surface area contributed by atoms with Gasteiger partial charge in [-0.3, -0.25) is 4.98 Å². The molecule has 0 spiro atoms. The molecule has 0 saturated carbocycles. The molecule has 2 rings (SSSR count). The van der Waals surface area contributed by atoms with Crippen LogP contribution in [-0.4, -0.2) is 29.3 Å². The van der Waals surface area contributed by atoms with Crippen LogP contribution in [0.5, 0.6) is 0 Å². The van der Waals surface area contributed by atoms with Crippen LogP contribution in [-0.2, 0) is 0 Å². The molecule has 3 nitrogen and oxygen atoms in total. The highest BCUT2D eigenvalue weighted by atomic mass is 79.9. The quantitative estimate of drug-likeness (QED) is 0.906. The minimum absolute atomic E-state index is 0.178. The number of aliphatic hydroxyl groups excluding tert-OH is 1. The summed E-state index contributed by atoms with van der Waals surface area (Å²) in [5, 5.41) is 9.55. The monoisotopic (exact) mass is 284 g/mol. The van der Waals surface area contributed by atoms with E-state index >= 15 is 0 Å². The molecule has 16 heavy (non-hydrogen) atoms. The summed E-state index contributed by atoms with van der Waals surface area (Å²) < 4.78 is 1.05. The Labute approximate surface area is 105 Å².